The van der Waals surface area contributed by atoms with Crippen LogP contribution in [0.15, 0.2) is 23.5 Å². The van der Waals surface area contributed by atoms with E-state index in [0.717, 1.165) is 16.3 Å². The fourth-order valence-corrected chi connectivity index (χ4v) is 1.83. The highest BCUT2D eigenvalue weighted by Gasteiger charge is 2.03. The zero-order valence-electron chi connectivity index (χ0n) is 9.08. The quantitative estimate of drug-likeness (QED) is 0.811. The second-order valence-corrected chi connectivity index (χ2v) is 4.36. The van der Waals surface area contributed by atoms with E-state index in [1.807, 2.05) is 18.4 Å². The SMILES string of the molecule is Cc1nc(-c2cnc(C=C(N)C#N)nc2)cs1. The number of nitrogens with two attached hydrogens (primary N) is 1. The first-order chi connectivity index (χ1) is 8.19. The number of aryl methyl sites for hydroxylation is 1. The Morgan fingerprint density at radius 3 is 2.71 bits per heavy atom. The van der Waals surface area contributed by atoms with Crippen molar-refractivity contribution >= 4 is 17.4 Å². The molecule has 0 aliphatic heterocycles. The molecule has 2 rings (SSSR count). The summed E-state index contributed by atoms with van der Waals surface area (Å²) in [6.07, 6.45) is 4.76. The minimum atomic E-state index is 0.0854. The van der Waals surface area contributed by atoms with Crippen LogP contribution < -0.4 is 5.73 Å². The van der Waals surface area contributed by atoms with E-state index < -0.39 is 0 Å². The van der Waals surface area contributed by atoms with Crippen molar-refractivity contribution in [2.75, 3.05) is 0 Å². The van der Waals surface area contributed by atoms with Gasteiger partial charge in [-0.25, -0.2) is 15.0 Å². The molecule has 2 heterocycles. The Bertz CT molecular complexity index is 591. The van der Waals surface area contributed by atoms with E-state index in [9.17, 15) is 0 Å². The van der Waals surface area contributed by atoms with Gasteiger partial charge in [0.15, 0.2) is 5.82 Å². The summed E-state index contributed by atoms with van der Waals surface area (Å²) in [5.41, 5.74) is 7.16. The lowest BCUT2D eigenvalue weighted by atomic mass is 10.3. The fraction of sp³-hybridized carbons (Fsp3) is 0.0909. The Balaban J connectivity index is 2.28. The first kappa shape index (κ1) is 11.2. The monoisotopic (exact) mass is 243 g/mol. The number of hydrogen-bond acceptors (Lipinski definition) is 6. The standard InChI is InChI=1S/C11H9N5S/c1-7-16-10(6-17-7)8-4-14-11(15-5-8)2-9(13)3-12/h2,4-6H,13H2,1H3. The topological polar surface area (TPSA) is 88.5 Å². The van der Waals surface area contributed by atoms with Crippen LogP contribution in [0.25, 0.3) is 17.3 Å². The highest BCUT2D eigenvalue weighted by atomic mass is 32.1. The smallest absolute Gasteiger partial charge is 0.154 e. The number of rotatable bonds is 2. The van der Waals surface area contributed by atoms with Crippen LogP contribution in [-0.2, 0) is 0 Å². The van der Waals surface area contributed by atoms with E-state index in [4.69, 9.17) is 11.0 Å². The lowest BCUT2D eigenvalue weighted by molar-refractivity contribution is 1.12. The number of nitriles is 1. The highest BCUT2D eigenvalue weighted by Crippen LogP contribution is 2.19. The molecule has 0 aliphatic rings. The Kier molecular flexibility index (Phi) is 3.12. The molecule has 0 saturated carbocycles. The average molecular weight is 243 g/mol. The lowest BCUT2D eigenvalue weighted by Crippen LogP contribution is -1.95. The van der Waals surface area contributed by atoms with Crippen molar-refractivity contribution in [2.45, 2.75) is 6.92 Å². The van der Waals surface area contributed by atoms with Crippen LogP contribution in [0.2, 0.25) is 0 Å². The predicted molar refractivity (Wildman–Crippen MR) is 65.7 cm³/mol. The summed E-state index contributed by atoms with van der Waals surface area (Å²) < 4.78 is 0. The third kappa shape index (κ3) is 2.65. The van der Waals surface area contributed by atoms with Crippen LogP contribution in [0.4, 0.5) is 0 Å². The van der Waals surface area contributed by atoms with E-state index in [2.05, 4.69) is 15.0 Å². The number of allylic oxidation sites excluding steroid dienone is 1. The molecule has 2 aromatic heterocycles. The van der Waals surface area contributed by atoms with Gasteiger partial charge in [-0.2, -0.15) is 5.26 Å². The molecule has 6 heteroatoms. The van der Waals surface area contributed by atoms with E-state index >= 15 is 0 Å². The molecular weight excluding hydrogens is 234 g/mol. The number of hydrogen-bond donors (Lipinski definition) is 1. The molecule has 0 aromatic carbocycles. The van der Waals surface area contributed by atoms with Crippen molar-refractivity contribution < 1.29 is 0 Å². The molecule has 0 saturated heterocycles. The first-order valence-corrected chi connectivity index (χ1v) is 5.69. The molecular formula is C11H9N5S. The van der Waals surface area contributed by atoms with Gasteiger partial charge >= 0.3 is 0 Å². The van der Waals surface area contributed by atoms with Gasteiger partial charge < -0.3 is 5.73 Å². The predicted octanol–water partition coefficient (Wildman–Crippen LogP) is 1.73. The number of aromatic nitrogens is 3. The third-order valence-corrected chi connectivity index (χ3v) is 2.77. The minimum absolute atomic E-state index is 0.0854. The van der Waals surface area contributed by atoms with Gasteiger partial charge in [-0.15, -0.1) is 11.3 Å². The Hall–Kier alpha value is -2.26. The van der Waals surface area contributed by atoms with E-state index in [1.54, 1.807) is 23.7 Å². The van der Waals surface area contributed by atoms with Gasteiger partial charge in [-0.3, -0.25) is 0 Å². The summed E-state index contributed by atoms with van der Waals surface area (Å²) in [5, 5.41) is 11.5. The molecule has 0 unspecified atom stereocenters. The largest absolute Gasteiger partial charge is 0.390 e. The van der Waals surface area contributed by atoms with Crippen LogP contribution >= 0.6 is 11.3 Å². The van der Waals surface area contributed by atoms with Gasteiger partial charge in [-0.1, -0.05) is 0 Å². The normalized spacial score (nSPS) is 11.2. The van der Waals surface area contributed by atoms with Crippen LogP contribution in [0.1, 0.15) is 10.8 Å². The van der Waals surface area contributed by atoms with Crippen LogP contribution in [-0.4, -0.2) is 15.0 Å². The van der Waals surface area contributed by atoms with E-state index in [1.165, 1.54) is 6.08 Å². The maximum Gasteiger partial charge on any atom is 0.154 e. The van der Waals surface area contributed by atoms with Gasteiger partial charge in [-0.05, 0) is 6.92 Å². The molecule has 0 amide bonds. The molecule has 0 atom stereocenters. The second kappa shape index (κ2) is 4.72. The van der Waals surface area contributed by atoms with Crippen LogP contribution in [0.3, 0.4) is 0 Å². The van der Waals surface area contributed by atoms with Gasteiger partial charge in [0.1, 0.15) is 11.8 Å². The molecule has 17 heavy (non-hydrogen) atoms. The van der Waals surface area contributed by atoms with Crippen molar-refractivity contribution in [2.24, 2.45) is 5.73 Å². The van der Waals surface area contributed by atoms with Crippen LogP contribution in [0, 0.1) is 18.3 Å². The van der Waals surface area contributed by atoms with E-state index in [-0.39, 0.29) is 5.70 Å². The molecule has 0 fully saturated rings. The van der Waals surface area contributed by atoms with Crippen molar-refractivity contribution in [3.63, 3.8) is 0 Å². The molecule has 0 bridgehead atoms. The lowest BCUT2D eigenvalue weighted by Gasteiger charge is -1.96. The highest BCUT2D eigenvalue weighted by molar-refractivity contribution is 7.09. The first-order valence-electron chi connectivity index (χ1n) is 4.81. The maximum atomic E-state index is 8.52. The summed E-state index contributed by atoms with van der Waals surface area (Å²) >= 11 is 1.58. The Labute approximate surface area is 102 Å². The second-order valence-electron chi connectivity index (χ2n) is 3.29. The van der Waals surface area contributed by atoms with Gasteiger partial charge in [0.05, 0.1) is 10.7 Å². The van der Waals surface area contributed by atoms with Gasteiger partial charge in [0, 0.05) is 29.4 Å². The van der Waals surface area contributed by atoms with Crippen molar-refractivity contribution in [1.29, 1.82) is 5.26 Å². The number of nitrogens with zero attached hydrogens (tertiary/aromatic N) is 4. The molecule has 0 aliphatic carbocycles. The van der Waals surface area contributed by atoms with Crippen molar-refractivity contribution in [3.8, 4) is 17.3 Å². The molecule has 2 N–H and O–H groups in total. The molecule has 5 nitrogen and oxygen atoms in total. The summed E-state index contributed by atoms with van der Waals surface area (Å²) in [6.45, 7) is 1.94. The van der Waals surface area contributed by atoms with Crippen molar-refractivity contribution in [3.05, 3.63) is 34.3 Å². The zero-order chi connectivity index (χ0) is 12.3. The fourth-order valence-electron chi connectivity index (χ4n) is 1.21. The summed E-state index contributed by atoms with van der Waals surface area (Å²) in [6, 6.07) is 1.81. The van der Waals surface area contributed by atoms with Crippen molar-refractivity contribution in [1.82, 2.24) is 15.0 Å². The summed E-state index contributed by atoms with van der Waals surface area (Å²) in [7, 11) is 0. The molecule has 0 radical (unpaired) electrons. The summed E-state index contributed by atoms with van der Waals surface area (Å²) in [5.74, 6) is 0.416. The Morgan fingerprint density at radius 2 is 2.18 bits per heavy atom. The minimum Gasteiger partial charge on any atom is -0.390 e. The average Bonchev–Trinajstić information content (AvgIpc) is 2.77. The molecule has 2 aromatic rings. The van der Waals surface area contributed by atoms with Crippen LogP contribution in [0.5, 0.6) is 0 Å². The molecule has 0 spiro atoms. The van der Waals surface area contributed by atoms with E-state index in [0.29, 0.717) is 5.82 Å². The Morgan fingerprint density at radius 1 is 1.47 bits per heavy atom. The molecule has 84 valence electrons. The number of thiazole rings is 1. The third-order valence-electron chi connectivity index (χ3n) is 2.00. The maximum absolute atomic E-state index is 8.52. The van der Waals surface area contributed by atoms with Gasteiger partial charge in [0.2, 0.25) is 0 Å². The van der Waals surface area contributed by atoms with Gasteiger partial charge in [0.25, 0.3) is 0 Å². The summed E-state index contributed by atoms with van der Waals surface area (Å²) in [4.78, 5) is 12.5. The zero-order valence-corrected chi connectivity index (χ0v) is 9.90.